The number of nitrogens with one attached hydrogen (secondary N) is 2. The van der Waals surface area contributed by atoms with Crippen molar-refractivity contribution in [2.24, 2.45) is 0 Å². The summed E-state index contributed by atoms with van der Waals surface area (Å²) in [4.78, 5) is 31.2. The number of amides is 1. The molecule has 0 bridgehead atoms. The molecule has 8 heteroatoms. The van der Waals surface area contributed by atoms with Crippen molar-refractivity contribution in [3.05, 3.63) is 63.7 Å². The zero-order valence-electron chi connectivity index (χ0n) is 15.6. The van der Waals surface area contributed by atoms with Crippen LogP contribution in [0, 0.1) is 13.8 Å². The summed E-state index contributed by atoms with van der Waals surface area (Å²) in [5.74, 6) is 1.05. The molecule has 0 radical (unpaired) electrons. The third-order valence-corrected chi connectivity index (χ3v) is 3.62. The molecule has 2 heterocycles. The van der Waals surface area contributed by atoms with Crippen LogP contribution in [0.15, 0.2) is 41.2 Å². The molecule has 2 N–H and O–H groups in total. The zero-order valence-corrected chi connectivity index (χ0v) is 15.6. The summed E-state index contributed by atoms with van der Waals surface area (Å²) in [7, 11) is 0. The Morgan fingerprint density at radius 1 is 1.15 bits per heavy atom. The molecule has 1 aromatic carbocycles. The Kier molecular flexibility index (Phi) is 5.07. The van der Waals surface area contributed by atoms with Crippen LogP contribution < -0.4 is 15.6 Å². The third kappa shape index (κ3) is 4.41. The maximum absolute atomic E-state index is 12.6. The Labute approximate surface area is 156 Å². The van der Waals surface area contributed by atoms with Crippen molar-refractivity contribution in [3.8, 4) is 11.7 Å². The van der Waals surface area contributed by atoms with Crippen LogP contribution in [-0.4, -0.2) is 31.8 Å². The minimum Gasteiger partial charge on any atom is -0.491 e. The smallest absolute Gasteiger partial charge is 0.256 e. The van der Waals surface area contributed by atoms with E-state index < -0.39 is 0 Å². The van der Waals surface area contributed by atoms with Gasteiger partial charge in [0, 0.05) is 23.4 Å². The number of hydrogen-bond acceptors (Lipinski definition) is 5. The first kappa shape index (κ1) is 18.4. The molecule has 1 amide bonds. The van der Waals surface area contributed by atoms with E-state index in [0.29, 0.717) is 28.5 Å². The largest absolute Gasteiger partial charge is 0.491 e. The lowest BCUT2D eigenvalue weighted by molar-refractivity contribution is 0.102. The molecule has 0 saturated heterocycles. The fourth-order valence-electron chi connectivity index (χ4n) is 2.56. The van der Waals surface area contributed by atoms with Crippen molar-refractivity contribution >= 4 is 11.7 Å². The van der Waals surface area contributed by atoms with E-state index in [1.54, 1.807) is 44.2 Å². The van der Waals surface area contributed by atoms with E-state index in [1.807, 2.05) is 13.8 Å². The van der Waals surface area contributed by atoms with Crippen LogP contribution in [0.3, 0.4) is 0 Å². The summed E-state index contributed by atoms with van der Waals surface area (Å²) in [6.07, 6.45) is 0.0611. The van der Waals surface area contributed by atoms with Gasteiger partial charge in [0.05, 0.1) is 11.8 Å². The standard InChI is InChI=1S/C19H21N5O3/c1-11(2)27-15-7-5-14(6-8-15)18(26)21-16-9-13(4)23-24(16)19-20-12(3)10-17(25)22-19/h5-11H,1-4H3,(H,21,26)(H,20,22,25). The number of carbonyl (C=O) groups is 1. The van der Waals surface area contributed by atoms with E-state index in [1.165, 1.54) is 10.7 Å². The number of anilines is 1. The van der Waals surface area contributed by atoms with Gasteiger partial charge in [0.15, 0.2) is 0 Å². The van der Waals surface area contributed by atoms with Gasteiger partial charge in [-0.25, -0.2) is 4.98 Å². The molecule has 140 valence electrons. The molecule has 0 fully saturated rings. The van der Waals surface area contributed by atoms with Gasteiger partial charge >= 0.3 is 0 Å². The molecule has 3 rings (SSSR count). The van der Waals surface area contributed by atoms with Gasteiger partial charge in [0.25, 0.3) is 11.5 Å². The predicted octanol–water partition coefficient (Wildman–Crippen LogP) is 2.61. The maximum atomic E-state index is 12.6. The van der Waals surface area contributed by atoms with Gasteiger partial charge in [-0.15, -0.1) is 0 Å². The molecule has 27 heavy (non-hydrogen) atoms. The Bertz CT molecular complexity index is 1020. The Morgan fingerprint density at radius 2 is 1.85 bits per heavy atom. The number of aromatic amines is 1. The molecule has 0 aliphatic rings. The van der Waals surface area contributed by atoms with Crippen molar-refractivity contribution in [2.75, 3.05) is 5.32 Å². The Morgan fingerprint density at radius 3 is 2.48 bits per heavy atom. The van der Waals surface area contributed by atoms with Gasteiger partial charge in [-0.1, -0.05) is 0 Å². The lowest BCUT2D eigenvalue weighted by Gasteiger charge is -2.11. The monoisotopic (exact) mass is 367 g/mol. The topological polar surface area (TPSA) is 102 Å². The van der Waals surface area contributed by atoms with Gasteiger partial charge in [-0.05, 0) is 52.0 Å². The first-order chi connectivity index (χ1) is 12.8. The van der Waals surface area contributed by atoms with Crippen LogP contribution in [0.1, 0.15) is 35.6 Å². The summed E-state index contributed by atoms with van der Waals surface area (Å²) in [5, 5.41) is 7.11. The number of aromatic nitrogens is 4. The normalized spacial score (nSPS) is 10.9. The number of benzene rings is 1. The number of carbonyl (C=O) groups excluding carboxylic acids is 1. The number of rotatable bonds is 5. The van der Waals surface area contributed by atoms with Crippen LogP contribution in [0.5, 0.6) is 5.75 Å². The van der Waals surface area contributed by atoms with E-state index in [4.69, 9.17) is 4.74 Å². The van der Waals surface area contributed by atoms with Crippen LogP contribution >= 0.6 is 0 Å². The van der Waals surface area contributed by atoms with Gasteiger partial charge in [0.2, 0.25) is 5.95 Å². The second kappa shape index (κ2) is 7.45. The number of hydrogen-bond donors (Lipinski definition) is 2. The molecule has 0 atom stereocenters. The third-order valence-electron chi connectivity index (χ3n) is 3.62. The minimum atomic E-state index is -0.303. The number of ether oxygens (including phenoxy) is 1. The van der Waals surface area contributed by atoms with Gasteiger partial charge in [-0.3, -0.25) is 14.6 Å². The summed E-state index contributed by atoms with van der Waals surface area (Å²) in [6, 6.07) is 9.96. The van der Waals surface area contributed by atoms with E-state index in [9.17, 15) is 9.59 Å². The highest BCUT2D eigenvalue weighted by atomic mass is 16.5. The fourth-order valence-corrected chi connectivity index (χ4v) is 2.56. The highest BCUT2D eigenvalue weighted by Crippen LogP contribution is 2.17. The summed E-state index contributed by atoms with van der Waals surface area (Å²) in [6.45, 7) is 7.38. The highest BCUT2D eigenvalue weighted by Gasteiger charge is 2.14. The molecule has 0 aliphatic heterocycles. The van der Waals surface area contributed by atoms with E-state index in [2.05, 4.69) is 20.4 Å². The zero-order chi connectivity index (χ0) is 19.6. The average Bonchev–Trinajstić information content (AvgIpc) is 2.94. The van der Waals surface area contributed by atoms with E-state index in [-0.39, 0.29) is 23.5 Å². The van der Waals surface area contributed by atoms with E-state index in [0.717, 1.165) is 0 Å². The average molecular weight is 367 g/mol. The summed E-state index contributed by atoms with van der Waals surface area (Å²) < 4.78 is 6.98. The molecule has 0 spiro atoms. The first-order valence-electron chi connectivity index (χ1n) is 8.55. The first-order valence-corrected chi connectivity index (χ1v) is 8.55. The lowest BCUT2D eigenvalue weighted by atomic mass is 10.2. The molecular weight excluding hydrogens is 346 g/mol. The predicted molar refractivity (Wildman–Crippen MR) is 102 cm³/mol. The van der Waals surface area contributed by atoms with Crippen molar-refractivity contribution < 1.29 is 9.53 Å². The second-order valence-corrected chi connectivity index (χ2v) is 6.44. The molecule has 8 nitrogen and oxygen atoms in total. The molecule has 0 aliphatic carbocycles. The Hall–Kier alpha value is -3.42. The van der Waals surface area contributed by atoms with Crippen LogP contribution in [-0.2, 0) is 0 Å². The van der Waals surface area contributed by atoms with Crippen molar-refractivity contribution in [3.63, 3.8) is 0 Å². The highest BCUT2D eigenvalue weighted by molar-refractivity contribution is 6.04. The number of H-pyrrole nitrogens is 1. The lowest BCUT2D eigenvalue weighted by Crippen LogP contribution is -2.19. The number of nitrogens with zero attached hydrogens (tertiary/aromatic N) is 3. The molecule has 2 aromatic heterocycles. The Balaban J connectivity index is 1.85. The molecule has 0 saturated carbocycles. The number of aryl methyl sites for hydroxylation is 2. The van der Waals surface area contributed by atoms with Crippen LogP contribution in [0.2, 0.25) is 0 Å². The minimum absolute atomic E-state index is 0.0611. The van der Waals surface area contributed by atoms with Gasteiger partial charge < -0.3 is 10.1 Å². The van der Waals surface area contributed by atoms with Crippen molar-refractivity contribution in [1.82, 2.24) is 19.7 Å². The quantitative estimate of drug-likeness (QED) is 0.722. The molecule has 0 unspecified atom stereocenters. The summed E-state index contributed by atoms with van der Waals surface area (Å²) >= 11 is 0. The van der Waals surface area contributed by atoms with Crippen molar-refractivity contribution in [1.29, 1.82) is 0 Å². The van der Waals surface area contributed by atoms with Crippen LogP contribution in [0.4, 0.5) is 5.82 Å². The van der Waals surface area contributed by atoms with Crippen molar-refractivity contribution in [2.45, 2.75) is 33.8 Å². The maximum Gasteiger partial charge on any atom is 0.256 e. The molecule has 3 aromatic rings. The van der Waals surface area contributed by atoms with Crippen LogP contribution in [0.25, 0.3) is 5.95 Å². The van der Waals surface area contributed by atoms with Gasteiger partial charge in [-0.2, -0.15) is 9.78 Å². The SMILES string of the molecule is Cc1cc(=O)[nH]c(-n2nc(C)cc2NC(=O)c2ccc(OC(C)C)cc2)n1. The second-order valence-electron chi connectivity index (χ2n) is 6.44. The molecular formula is C19H21N5O3. The van der Waals surface area contributed by atoms with Gasteiger partial charge in [0.1, 0.15) is 11.6 Å². The fraction of sp³-hybridized carbons (Fsp3) is 0.263. The summed E-state index contributed by atoms with van der Waals surface area (Å²) in [5.41, 5.74) is 1.42. The van der Waals surface area contributed by atoms with E-state index >= 15 is 0 Å².